The van der Waals surface area contributed by atoms with Crippen molar-refractivity contribution in [2.45, 2.75) is 6.54 Å². The molecule has 0 aliphatic heterocycles. The van der Waals surface area contributed by atoms with E-state index in [1.54, 1.807) is 27.5 Å². The zero-order valence-corrected chi connectivity index (χ0v) is 18.9. The average molecular weight is 434 g/mol. The van der Waals surface area contributed by atoms with Gasteiger partial charge in [0.25, 0.3) is 0 Å². The zero-order valence-electron chi connectivity index (χ0n) is 18.9. The van der Waals surface area contributed by atoms with Crippen molar-refractivity contribution >= 4 is 17.2 Å². The molecule has 0 unspecified atom stereocenters. The molecule has 166 valence electrons. The largest absolute Gasteiger partial charge is 0.493 e. The van der Waals surface area contributed by atoms with Crippen molar-refractivity contribution in [3.8, 4) is 28.5 Å². The first-order valence-electron chi connectivity index (χ1n) is 10.2. The molecule has 0 saturated carbocycles. The Hall–Kier alpha value is -3.94. The Labute approximate surface area is 187 Å². The van der Waals surface area contributed by atoms with Crippen molar-refractivity contribution in [3.05, 3.63) is 60.6 Å². The fourth-order valence-electron chi connectivity index (χ4n) is 3.75. The molecule has 0 spiro atoms. The molecule has 0 bridgehead atoms. The molecule has 0 saturated heterocycles. The Bertz CT molecular complexity index is 1210. The number of methoxy groups -OCH3 is 3. The molecule has 0 aliphatic rings. The topological polar surface area (TPSA) is 73.2 Å². The Morgan fingerprint density at radius 2 is 1.69 bits per heavy atom. The van der Waals surface area contributed by atoms with Gasteiger partial charge in [0.15, 0.2) is 23.0 Å². The molecule has 0 aliphatic carbocycles. The summed E-state index contributed by atoms with van der Waals surface area (Å²) in [6.07, 6.45) is 5.60. The van der Waals surface area contributed by atoms with Gasteiger partial charge in [0.05, 0.1) is 33.2 Å². The van der Waals surface area contributed by atoms with Crippen molar-refractivity contribution in [3.63, 3.8) is 0 Å². The lowest BCUT2D eigenvalue weighted by Gasteiger charge is -2.18. The summed E-state index contributed by atoms with van der Waals surface area (Å²) >= 11 is 0. The van der Waals surface area contributed by atoms with E-state index >= 15 is 0 Å². The van der Waals surface area contributed by atoms with Gasteiger partial charge < -0.3 is 24.4 Å². The minimum Gasteiger partial charge on any atom is -0.493 e. The minimum atomic E-state index is 0.514. The van der Waals surface area contributed by atoms with Gasteiger partial charge in [-0.3, -0.25) is 4.40 Å². The summed E-state index contributed by atoms with van der Waals surface area (Å²) in [5.41, 5.74) is 4.89. The van der Waals surface area contributed by atoms with E-state index in [9.17, 15) is 0 Å². The van der Waals surface area contributed by atoms with Gasteiger partial charge in [0, 0.05) is 44.3 Å². The third-order valence-electron chi connectivity index (χ3n) is 5.27. The van der Waals surface area contributed by atoms with E-state index in [-0.39, 0.29) is 0 Å². The summed E-state index contributed by atoms with van der Waals surface area (Å²) in [5, 5.41) is 3.39. The zero-order chi connectivity index (χ0) is 22.7. The molecule has 0 radical (unpaired) electrons. The molecule has 2 aromatic heterocycles. The first kappa shape index (κ1) is 21.3. The SMILES string of the molecule is COc1cc(CNc2ncc(-c3ccccc3N(C)C)n3ccnc23)cc(OC)c1OC. The number of fused-ring (bicyclic) bond motifs is 1. The first-order valence-corrected chi connectivity index (χ1v) is 10.2. The van der Waals surface area contributed by atoms with Crippen LogP contribution in [0.4, 0.5) is 11.5 Å². The third kappa shape index (κ3) is 3.87. The highest BCUT2D eigenvalue weighted by molar-refractivity contribution is 5.79. The van der Waals surface area contributed by atoms with E-state index in [1.807, 2.05) is 55.2 Å². The summed E-state index contributed by atoms with van der Waals surface area (Å²) < 4.78 is 18.4. The van der Waals surface area contributed by atoms with E-state index in [2.05, 4.69) is 32.3 Å². The van der Waals surface area contributed by atoms with E-state index in [0.29, 0.717) is 29.6 Å². The number of anilines is 2. The van der Waals surface area contributed by atoms with Crippen LogP contribution in [0.2, 0.25) is 0 Å². The number of aromatic nitrogens is 3. The number of hydrogen-bond donors (Lipinski definition) is 1. The average Bonchev–Trinajstić information content (AvgIpc) is 3.32. The van der Waals surface area contributed by atoms with E-state index in [1.165, 1.54) is 0 Å². The Morgan fingerprint density at radius 1 is 0.969 bits per heavy atom. The molecule has 4 aromatic rings. The van der Waals surface area contributed by atoms with Gasteiger partial charge in [-0.25, -0.2) is 9.97 Å². The van der Waals surface area contributed by atoms with Crippen LogP contribution >= 0.6 is 0 Å². The van der Waals surface area contributed by atoms with Crippen LogP contribution in [0.25, 0.3) is 16.9 Å². The highest BCUT2D eigenvalue weighted by atomic mass is 16.5. The summed E-state index contributed by atoms with van der Waals surface area (Å²) in [7, 11) is 8.87. The Morgan fingerprint density at radius 3 is 2.34 bits per heavy atom. The number of nitrogens with zero attached hydrogens (tertiary/aromatic N) is 4. The fraction of sp³-hybridized carbons (Fsp3) is 0.250. The third-order valence-corrected chi connectivity index (χ3v) is 5.27. The predicted molar refractivity (Wildman–Crippen MR) is 126 cm³/mol. The number of para-hydroxylation sites is 1. The molecular formula is C24H27N5O3. The molecule has 8 heteroatoms. The molecule has 0 amide bonds. The van der Waals surface area contributed by atoms with Crippen LogP contribution in [0.15, 0.2) is 55.0 Å². The maximum Gasteiger partial charge on any atom is 0.203 e. The molecule has 2 aromatic carbocycles. The second-order valence-corrected chi connectivity index (χ2v) is 7.41. The van der Waals surface area contributed by atoms with Crippen molar-refractivity contribution in [2.75, 3.05) is 45.6 Å². The lowest BCUT2D eigenvalue weighted by Crippen LogP contribution is -2.11. The number of ether oxygens (including phenoxy) is 3. The van der Waals surface area contributed by atoms with Crippen molar-refractivity contribution in [1.82, 2.24) is 14.4 Å². The lowest BCUT2D eigenvalue weighted by molar-refractivity contribution is 0.324. The maximum atomic E-state index is 5.46. The summed E-state index contributed by atoms with van der Waals surface area (Å²) in [4.78, 5) is 11.3. The highest BCUT2D eigenvalue weighted by Crippen LogP contribution is 2.38. The lowest BCUT2D eigenvalue weighted by atomic mass is 10.1. The molecule has 2 heterocycles. The smallest absolute Gasteiger partial charge is 0.203 e. The molecule has 1 N–H and O–H groups in total. The number of benzene rings is 2. The molecule has 4 rings (SSSR count). The molecule has 0 fully saturated rings. The van der Waals surface area contributed by atoms with Crippen LogP contribution in [-0.4, -0.2) is 49.8 Å². The van der Waals surface area contributed by atoms with E-state index in [0.717, 1.165) is 28.2 Å². The summed E-state index contributed by atoms with van der Waals surface area (Å²) in [6.45, 7) is 0.514. The summed E-state index contributed by atoms with van der Waals surface area (Å²) in [5.74, 6) is 2.47. The number of nitrogens with one attached hydrogen (secondary N) is 1. The monoisotopic (exact) mass is 433 g/mol. The maximum absolute atomic E-state index is 5.46. The van der Waals surface area contributed by atoms with E-state index in [4.69, 9.17) is 14.2 Å². The standard InChI is InChI=1S/C24H27N5O3/c1-28(2)18-9-7-6-8-17(18)19-15-27-23(24-25-10-11-29(19)24)26-14-16-12-20(30-3)22(32-5)21(13-16)31-4/h6-13,15H,14H2,1-5H3,(H,26,27). The Kier molecular flexibility index (Phi) is 6.02. The van der Waals surface area contributed by atoms with Crippen molar-refractivity contribution < 1.29 is 14.2 Å². The molecule has 8 nitrogen and oxygen atoms in total. The van der Waals surface area contributed by atoms with Gasteiger partial charge in [-0.05, 0) is 23.8 Å². The molecular weight excluding hydrogens is 406 g/mol. The van der Waals surface area contributed by atoms with Gasteiger partial charge >= 0.3 is 0 Å². The van der Waals surface area contributed by atoms with Gasteiger partial charge in [-0.1, -0.05) is 18.2 Å². The summed E-state index contributed by atoms with van der Waals surface area (Å²) in [6, 6.07) is 12.1. The van der Waals surface area contributed by atoms with Gasteiger partial charge in [-0.2, -0.15) is 0 Å². The van der Waals surface area contributed by atoms with Crippen molar-refractivity contribution in [1.29, 1.82) is 0 Å². The van der Waals surface area contributed by atoms with Crippen molar-refractivity contribution in [2.24, 2.45) is 0 Å². The number of imidazole rings is 1. The Balaban J connectivity index is 1.67. The van der Waals surface area contributed by atoms with Gasteiger partial charge in [0.1, 0.15) is 0 Å². The van der Waals surface area contributed by atoms with Crippen LogP contribution < -0.4 is 24.4 Å². The van der Waals surface area contributed by atoms with Crippen LogP contribution in [-0.2, 0) is 6.54 Å². The molecule has 32 heavy (non-hydrogen) atoms. The van der Waals surface area contributed by atoms with E-state index < -0.39 is 0 Å². The van der Waals surface area contributed by atoms with Crippen LogP contribution in [0.3, 0.4) is 0 Å². The molecule has 0 atom stereocenters. The quantitative estimate of drug-likeness (QED) is 0.448. The predicted octanol–water partition coefficient (Wildman–Crippen LogP) is 4.10. The van der Waals surface area contributed by atoms with Crippen LogP contribution in [0, 0.1) is 0 Å². The number of hydrogen-bond acceptors (Lipinski definition) is 7. The fourth-order valence-corrected chi connectivity index (χ4v) is 3.75. The van der Waals surface area contributed by atoms with Gasteiger partial charge in [-0.15, -0.1) is 0 Å². The van der Waals surface area contributed by atoms with Crippen LogP contribution in [0.1, 0.15) is 5.56 Å². The van der Waals surface area contributed by atoms with Crippen LogP contribution in [0.5, 0.6) is 17.2 Å². The number of rotatable bonds is 8. The normalized spacial score (nSPS) is 10.8. The second kappa shape index (κ2) is 9.05. The minimum absolute atomic E-state index is 0.514. The second-order valence-electron chi connectivity index (χ2n) is 7.41. The first-order chi connectivity index (χ1) is 15.6. The van der Waals surface area contributed by atoms with Gasteiger partial charge in [0.2, 0.25) is 5.75 Å². The highest BCUT2D eigenvalue weighted by Gasteiger charge is 2.16.